The van der Waals surface area contributed by atoms with Gasteiger partial charge >= 0.3 is 0 Å². The van der Waals surface area contributed by atoms with Crippen LogP contribution in [0, 0.1) is 6.92 Å². The molecule has 0 spiro atoms. The Hall–Kier alpha value is -3.34. The quantitative estimate of drug-likeness (QED) is 0.702. The number of carbonyl (C=O) groups excluding carboxylic acids is 1. The SMILES string of the molecule is CCc1cccc(C)c1NC1c2ncccc2C(=O)N1c1ccc(OC)cc1. The van der Waals surface area contributed by atoms with Crippen molar-refractivity contribution in [2.75, 3.05) is 17.3 Å². The average Bonchev–Trinajstić information content (AvgIpc) is 3.01. The van der Waals surface area contributed by atoms with E-state index in [-0.39, 0.29) is 12.1 Å². The van der Waals surface area contributed by atoms with Crippen molar-refractivity contribution in [2.24, 2.45) is 0 Å². The lowest BCUT2D eigenvalue weighted by Crippen LogP contribution is -2.32. The summed E-state index contributed by atoms with van der Waals surface area (Å²) < 4.78 is 5.26. The Kier molecular flexibility index (Phi) is 4.74. The molecule has 4 rings (SSSR count). The molecule has 3 aromatic rings. The number of nitrogens with one attached hydrogen (secondary N) is 1. The number of hydrogen-bond donors (Lipinski definition) is 1. The number of benzene rings is 2. The molecule has 142 valence electrons. The first-order valence-electron chi connectivity index (χ1n) is 9.41. The van der Waals surface area contributed by atoms with Crippen LogP contribution in [-0.2, 0) is 6.42 Å². The third-order valence-corrected chi connectivity index (χ3v) is 5.18. The van der Waals surface area contributed by atoms with Gasteiger partial charge in [-0.25, -0.2) is 0 Å². The van der Waals surface area contributed by atoms with E-state index in [1.54, 1.807) is 24.3 Å². The molecule has 2 heterocycles. The third kappa shape index (κ3) is 2.99. The minimum atomic E-state index is -0.372. The molecule has 1 aliphatic heterocycles. The monoisotopic (exact) mass is 373 g/mol. The number of aromatic nitrogens is 1. The Morgan fingerprint density at radius 2 is 1.89 bits per heavy atom. The van der Waals surface area contributed by atoms with E-state index in [1.807, 2.05) is 30.3 Å². The van der Waals surface area contributed by atoms with Gasteiger partial charge in [-0.1, -0.05) is 25.1 Å². The van der Waals surface area contributed by atoms with Crippen molar-refractivity contribution in [3.05, 3.63) is 83.2 Å². The summed E-state index contributed by atoms with van der Waals surface area (Å²) in [7, 11) is 1.63. The highest BCUT2D eigenvalue weighted by Gasteiger charge is 2.39. The largest absolute Gasteiger partial charge is 0.497 e. The molecule has 0 radical (unpaired) electrons. The summed E-state index contributed by atoms with van der Waals surface area (Å²) in [5, 5.41) is 3.60. The van der Waals surface area contributed by atoms with Gasteiger partial charge in [-0.3, -0.25) is 14.7 Å². The zero-order valence-corrected chi connectivity index (χ0v) is 16.3. The first kappa shape index (κ1) is 18.0. The first-order chi connectivity index (χ1) is 13.6. The molecule has 0 aliphatic carbocycles. The van der Waals surface area contributed by atoms with Gasteiger partial charge in [0.1, 0.15) is 5.75 Å². The van der Waals surface area contributed by atoms with Gasteiger partial charge in [-0.2, -0.15) is 0 Å². The highest BCUT2D eigenvalue weighted by atomic mass is 16.5. The van der Waals surface area contributed by atoms with Gasteiger partial charge in [0.15, 0.2) is 6.17 Å². The van der Waals surface area contributed by atoms with Crippen LogP contribution in [0.2, 0.25) is 0 Å². The Morgan fingerprint density at radius 1 is 1.11 bits per heavy atom. The minimum Gasteiger partial charge on any atom is -0.497 e. The lowest BCUT2D eigenvalue weighted by atomic mass is 10.1. The smallest absolute Gasteiger partial charge is 0.262 e. The number of fused-ring (bicyclic) bond motifs is 1. The molecule has 28 heavy (non-hydrogen) atoms. The lowest BCUT2D eigenvalue weighted by molar-refractivity contribution is 0.0993. The number of rotatable bonds is 5. The van der Waals surface area contributed by atoms with Crippen molar-refractivity contribution < 1.29 is 9.53 Å². The van der Waals surface area contributed by atoms with E-state index in [0.717, 1.165) is 34.8 Å². The molecule has 2 aromatic carbocycles. The summed E-state index contributed by atoms with van der Waals surface area (Å²) in [6, 6.07) is 17.4. The molecule has 0 bridgehead atoms. The molecule has 0 fully saturated rings. The van der Waals surface area contributed by atoms with Crippen LogP contribution in [-0.4, -0.2) is 18.0 Å². The molecule has 1 aromatic heterocycles. The Balaban J connectivity index is 1.80. The molecule has 1 aliphatic rings. The molecule has 1 atom stereocenters. The summed E-state index contributed by atoms with van der Waals surface area (Å²) in [6.07, 6.45) is 2.27. The third-order valence-electron chi connectivity index (χ3n) is 5.18. The van der Waals surface area contributed by atoms with E-state index in [0.29, 0.717) is 5.56 Å². The van der Waals surface area contributed by atoms with E-state index in [9.17, 15) is 4.79 Å². The molecule has 1 amide bonds. The van der Waals surface area contributed by atoms with Crippen molar-refractivity contribution in [1.82, 2.24) is 4.98 Å². The number of para-hydroxylation sites is 1. The van der Waals surface area contributed by atoms with Gasteiger partial charge in [0.2, 0.25) is 0 Å². The second-order valence-corrected chi connectivity index (χ2v) is 6.82. The summed E-state index contributed by atoms with van der Waals surface area (Å²) in [5.74, 6) is 0.695. The van der Waals surface area contributed by atoms with E-state index < -0.39 is 0 Å². The summed E-state index contributed by atoms with van der Waals surface area (Å²) in [4.78, 5) is 19.5. The number of methoxy groups -OCH3 is 1. The minimum absolute atomic E-state index is 0.0580. The zero-order chi connectivity index (χ0) is 19.7. The second kappa shape index (κ2) is 7.35. The number of hydrogen-bond acceptors (Lipinski definition) is 4. The Bertz CT molecular complexity index is 1010. The van der Waals surface area contributed by atoms with Crippen LogP contribution in [0.15, 0.2) is 60.8 Å². The number of aryl methyl sites for hydroxylation is 2. The normalized spacial score (nSPS) is 15.5. The van der Waals surface area contributed by atoms with Gasteiger partial charge in [0.25, 0.3) is 5.91 Å². The molecule has 5 heteroatoms. The fourth-order valence-electron chi connectivity index (χ4n) is 3.69. The Morgan fingerprint density at radius 3 is 2.61 bits per heavy atom. The zero-order valence-electron chi connectivity index (χ0n) is 16.3. The molecular formula is C23H23N3O2. The van der Waals surface area contributed by atoms with Crippen LogP contribution in [0.5, 0.6) is 5.75 Å². The molecule has 0 saturated heterocycles. The summed E-state index contributed by atoms with van der Waals surface area (Å²) >= 11 is 0. The summed E-state index contributed by atoms with van der Waals surface area (Å²) in [6.45, 7) is 4.21. The molecule has 5 nitrogen and oxygen atoms in total. The van der Waals surface area contributed by atoms with Crippen LogP contribution >= 0.6 is 0 Å². The predicted octanol–water partition coefficient (Wildman–Crippen LogP) is 4.73. The topological polar surface area (TPSA) is 54.5 Å². The van der Waals surface area contributed by atoms with Gasteiger partial charge in [-0.05, 0) is 60.9 Å². The number of ether oxygens (including phenoxy) is 1. The predicted molar refractivity (Wildman–Crippen MR) is 111 cm³/mol. The van der Waals surface area contributed by atoms with Crippen molar-refractivity contribution in [1.29, 1.82) is 0 Å². The van der Waals surface area contributed by atoms with E-state index in [1.165, 1.54) is 5.56 Å². The highest BCUT2D eigenvalue weighted by Crippen LogP contribution is 2.38. The second-order valence-electron chi connectivity index (χ2n) is 6.82. The van der Waals surface area contributed by atoms with Crippen molar-refractivity contribution >= 4 is 17.3 Å². The molecule has 0 saturated carbocycles. The fourth-order valence-corrected chi connectivity index (χ4v) is 3.69. The van der Waals surface area contributed by atoms with E-state index >= 15 is 0 Å². The molecular weight excluding hydrogens is 350 g/mol. The first-order valence-corrected chi connectivity index (χ1v) is 9.41. The Labute approximate surface area is 165 Å². The van der Waals surface area contributed by atoms with E-state index in [2.05, 4.69) is 42.3 Å². The van der Waals surface area contributed by atoms with Crippen LogP contribution < -0.4 is 15.0 Å². The van der Waals surface area contributed by atoms with Crippen LogP contribution in [0.4, 0.5) is 11.4 Å². The van der Waals surface area contributed by atoms with Gasteiger partial charge < -0.3 is 10.1 Å². The van der Waals surface area contributed by atoms with Crippen molar-refractivity contribution in [3.63, 3.8) is 0 Å². The summed E-state index contributed by atoms with van der Waals surface area (Å²) in [5.41, 5.74) is 5.58. The van der Waals surface area contributed by atoms with E-state index in [4.69, 9.17) is 4.74 Å². The fraction of sp³-hybridized carbons (Fsp3) is 0.217. The van der Waals surface area contributed by atoms with Gasteiger partial charge in [0, 0.05) is 17.6 Å². The van der Waals surface area contributed by atoms with Crippen LogP contribution in [0.3, 0.4) is 0 Å². The molecule has 1 N–H and O–H groups in total. The standard InChI is InChI=1S/C23H23N3O2/c1-4-16-8-5-7-15(2)20(16)25-22-21-19(9-6-14-24-21)23(27)26(22)17-10-12-18(28-3)13-11-17/h5-14,22,25H,4H2,1-3H3. The lowest BCUT2D eigenvalue weighted by Gasteiger charge is -2.28. The number of amides is 1. The highest BCUT2D eigenvalue weighted by molar-refractivity contribution is 6.11. The number of pyridine rings is 1. The van der Waals surface area contributed by atoms with Crippen LogP contribution in [0.25, 0.3) is 0 Å². The maximum absolute atomic E-state index is 13.2. The maximum atomic E-state index is 13.2. The number of anilines is 2. The number of carbonyl (C=O) groups is 1. The van der Waals surface area contributed by atoms with Crippen molar-refractivity contribution in [2.45, 2.75) is 26.4 Å². The molecule has 1 unspecified atom stereocenters. The van der Waals surface area contributed by atoms with Gasteiger partial charge in [0.05, 0.1) is 18.4 Å². The average molecular weight is 373 g/mol. The maximum Gasteiger partial charge on any atom is 0.262 e. The van der Waals surface area contributed by atoms with Gasteiger partial charge in [-0.15, -0.1) is 0 Å². The van der Waals surface area contributed by atoms with Crippen molar-refractivity contribution in [3.8, 4) is 5.75 Å². The number of nitrogens with zero attached hydrogens (tertiary/aromatic N) is 2. The van der Waals surface area contributed by atoms with Crippen LogP contribution in [0.1, 0.15) is 40.3 Å².